The summed E-state index contributed by atoms with van der Waals surface area (Å²) in [6, 6.07) is 6.72. The Morgan fingerprint density at radius 2 is 1.94 bits per heavy atom. The number of nitrogens with one attached hydrogen (secondary N) is 1. The molecule has 0 radical (unpaired) electrons. The zero-order chi connectivity index (χ0) is 11.2. The Hall–Kier alpha value is -0.690. The average Bonchev–Trinajstić information content (AvgIpc) is 2.68. The summed E-state index contributed by atoms with van der Waals surface area (Å²) < 4.78 is 0. The molecule has 1 aliphatic heterocycles. The second-order valence-corrected chi connectivity index (χ2v) is 5.76. The van der Waals surface area contributed by atoms with Gasteiger partial charge in [-0.25, -0.2) is 0 Å². The van der Waals surface area contributed by atoms with Crippen LogP contribution in [0.5, 0.6) is 0 Å². The first-order chi connectivity index (χ1) is 7.70. The minimum absolute atomic E-state index is 0. The molecule has 1 N–H and O–H groups in total. The maximum absolute atomic E-state index is 3.87. The predicted molar refractivity (Wildman–Crippen MR) is 69.0 cm³/mol. The lowest BCUT2D eigenvalue weighted by molar-refractivity contribution is -0.00000365. The van der Waals surface area contributed by atoms with Crippen molar-refractivity contribution in [3.8, 4) is 0 Å². The van der Waals surface area contributed by atoms with E-state index < -0.39 is 0 Å². The van der Waals surface area contributed by atoms with Crippen LogP contribution in [0, 0.1) is 6.92 Å². The van der Waals surface area contributed by atoms with Crippen molar-refractivity contribution in [2.75, 3.05) is 5.32 Å². The normalized spacial score (nSPS) is 24.9. The maximum Gasteiger partial charge on any atom is 0.0409 e. The summed E-state index contributed by atoms with van der Waals surface area (Å²) in [6.45, 7) is 4.62. The summed E-state index contributed by atoms with van der Waals surface area (Å²) >= 11 is 0. The van der Waals surface area contributed by atoms with Crippen LogP contribution in [-0.4, -0.2) is 5.54 Å². The number of rotatable bonds is 0. The Morgan fingerprint density at radius 3 is 2.65 bits per heavy atom. The molecule has 1 nitrogen and oxygen atoms in total. The van der Waals surface area contributed by atoms with Crippen LogP contribution in [0.3, 0.4) is 0 Å². The fourth-order valence-corrected chi connectivity index (χ4v) is 3.67. The van der Waals surface area contributed by atoms with Gasteiger partial charge in [0.2, 0.25) is 0 Å². The van der Waals surface area contributed by atoms with Gasteiger partial charge in [0.1, 0.15) is 0 Å². The number of halogens is 1. The molecule has 2 heteroatoms. The number of aryl methyl sites for hydroxylation is 1. The Bertz CT molecular complexity index is 407. The maximum atomic E-state index is 3.87. The molecule has 1 aliphatic carbocycles. The van der Waals surface area contributed by atoms with Gasteiger partial charge < -0.3 is 17.7 Å². The molecule has 1 heterocycles. The van der Waals surface area contributed by atoms with Gasteiger partial charge in [0, 0.05) is 11.2 Å². The van der Waals surface area contributed by atoms with E-state index in [2.05, 4.69) is 37.4 Å². The third kappa shape index (κ3) is 2.06. The minimum atomic E-state index is 0. The van der Waals surface area contributed by atoms with Crippen molar-refractivity contribution in [2.45, 2.75) is 57.4 Å². The molecule has 3 rings (SSSR count). The van der Waals surface area contributed by atoms with Crippen LogP contribution in [0.2, 0.25) is 0 Å². The molecule has 1 aromatic rings. The van der Waals surface area contributed by atoms with E-state index in [1.165, 1.54) is 48.9 Å². The first-order valence-electron chi connectivity index (χ1n) is 6.58. The summed E-state index contributed by atoms with van der Waals surface area (Å²) in [5, 5.41) is 3.87. The highest BCUT2D eigenvalue weighted by molar-refractivity contribution is 5.62. The first-order valence-corrected chi connectivity index (χ1v) is 6.58. The van der Waals surface area contributed by atoms with Crippen LogP contribution in [-0.2, 0) is 0 Å². The summed E-state index contributed by atoms with van der Waals surface area (Å²) in [7, 11) is 0. The standard InChI is InChI=1S/C15H21N.ClH/c1-11-6-5-7-13-12(2)10-15(16-14(11)13)8-3-4-9-15;/h5-7,12,16H,3-4,8-10H2,1-2H3;1H/p-1. The van der Waals surface area contributed by atoms with Crippen molar-refractivity contribution in [1.29, 1.82) is 0 Å². The van der Waals surface area contributed by atoms with Gasteiger partial charge in [-0.15, -0.1) is 0 Å². The van der Waals surface area contributed by atoms with Gasteiger partial charge in [-0.2, -0.15) is 0 Å². The van der Waals surface area contributed by atoms with Crippen LogP contribution < -0.4 is 17.7 Å². The van der Waals surface area contributed by atoms with Gasteiger partial charge in [-0.05, 0) is 43.2 Å². The molecule has 1 spiro atoms. The van der Waals surface area contributed by atoms with Crippen LogP contribution in [0.4, 0.5) is 5.69 Å². The highest BCUT2D eigenvalue weighted by atomic mass is 35.5. The second kappa shape index (κ2) is 4.53. The molecule has 1 aromatic carbocycles. The van der Waals surface area contributed by atoms with Gasteiger partial charge in [0.15, 0.2) is 0 Å². The summed E-state index contributed by atoms with van der Waals surface area (Å²) in [4.78, 5) is 0. The zero-order valence-corrected chi connectivity index (χ0v) is 11.5. The Morgan fingerprint density at radius 1 is 1.24 bits per heavy atom. The van der Waals surface area contributed by atoms with E-state index in [-0.39, 0.29) is 12.4 Å². The van der Waals surface area contributed by atoms with Gasteiger partial charge in [0.05, 0.1) is 0 Å². The number of fused-ring (bicyclic) bond motifs is 1. The summed E-state index contributed by atoms with van der Waals surface area (Å²) in [5.41, 5.74) is 4.80. The molecule has 94 valence electrons. The number of para-hydroxylation sites is 1. The van der Waals surface area contributed by atoms with E-state index in [4.69, 9.17) is 0 Å². The second-order valence-electron chi connectivity index (χ2n) is 5.76. The lowest BCUT2D eigenvalue weighted by Crippen LogP contribution is -3.00. The van der Waals surface area contributed by atoms with E-state index in [0.29, 0.717) is 11.5 Å². The third-order valence-corrected chi connectivity index (χ3v) is 4.48. The van der Waals surface area contributed by atoms with E-state index in [9.17, 15) is 0 Å². The van der Waals surface area contributed by atoms with E-state index in [0.717, 1.165) is 0 Å². The fraction of sp³-hybridized carbons (Fsp3) is 0.600. The largest absolute Gasteiger partial charge is 1.00 e. The van der Waals surface area contributed by atoms with Crippen LogP contribution >= 0.6 is 0 Å². The molecule has 1 fully saturated rings. The Balaban J connectivity index is 0.00000108. The fourth-order valence-electron chi connectivity index (χ4n) is 3.67. The van der Waals surface area contributed by atoms with Crippen molar-refractivity contribution in [2.24, 2.45) is 0 Å². The first kappa shape index (κ1) is 12.8. The van der Waals surface area contributed by atoms with Gasteiger partial charge in [0.25, 0.3) is 0 Å². The minimum Gasteiger partial charge on any atom is -1.00 e. The molecule has 17 heavy (non-hydrogen) atoms. The van der Waals surface area contributed by atoms with Gasteiger partial charge in [-0.3, -0.25) is 0 Å². The van der Waals surface area contributed by atoms with Crippen molar-refractivity contribution in [3.63, 3.8) is 0 Å². The van der Waals surface area contributed by atoms with Crippen molar-refractivity contribution in [3.05, 3.63) is 29.3 Å². The van der Waals surface area contributed by atoms with Crippen LogP contribution in [0.15, 0.2) is 18.2 Å². The SMILES string of the molecule is Cc1cccc2c1NC1(CCCC1)CC2C.[Cl-]. The zero-order valence-electron chi connectivity index (χ0n) is 10.7. The molecule has 2 aliphatic rings. The number of hydrogen-bond donors (Lipinski definition) is 1. The molecule has 1 unspecified atom stereocenters. The highest BCUT2D eigenvalue weighted by Gasteiger charge is 2.39. The number of hydrogen-bond acceptors (Lipinski definition) is 1. The molecule has 0 amide bonds. The quantitative estimate of drug-likeness (QED) is 0.731. The summed E-state index contributed by atoms with van der Waals surface area (Å²) in [5.74, 6) is 0.717. The summed E-state index contributed by atoms with van der Waals surface area (Å²) in [6.07, 6.45) is 6.86. The molecule has 0 bridgehead atoms. The van der Waals surface area contributed by atoms with Crippen LogP contribution in [0.1, 0.15) is 56.1 Å². The molecule has 0 saturated heterocycles. The van der Waals surface area contributed by atoms with Crippen LogP contribution in [0.25, 0.3) is 0 Å². The van der Waals surface area contributed by atoms with E-state index in [1.54, 1.807) is 0 Å². The van der Waals surface area contributed by atoms with Crippen molar-refractivity contribution >= 4 is 5.69 Å². The van der Waals surface area contributed by atoms with Gasteiger partial charge >= 0.3 is 0 Å². The number of anilines is 1. The molecular weight excluding hydrogens is 230 g/mol. The van der Waals surface area contributed by atoms with E-state index >= 15 is 0 Å². The molecule has 1 saturated carbocycles. The Labute approximate surface area is 110 Å². The smallest absolute Gasteiger partial charge is 0.0409 e. The predicted octanol–water partition coefficient (Wildman–Crippen LogP) is 1.23. The topological polar surface area (TPSA) is 12.0 Å². The third-order valence-electron chi connectivity index (χ3n) is 4.48. The average molecular weight is 251 g/mol. The molecule has 1 atom stereocenters. The molecular formula is C15H21ClN-. The molecule has 0 aromatic heterocycles. The lowest BCUT2D eigenvalue weighted by atomic mass is 9.78. The highest BCUT2D eigenvalue weighted by Crippen LogP contribution is 2.47. The van der Waals surface area contributed by atoms with E-state index in [1.807, 2.05) is 0 Å². The Kier molecular flexibility index (Phi) is 3.40. The van der Waals surface area contributed by atoms with Crippen molar-refractivity contribution in [1.82, 2.24) is 0 Å². The number of benzene rings is 1. The monoisotopic (exact) mass is 250 g/mol. The lowest BCUT2D eigenvalue weighted by Gasteiger charge is -2.41. The van der Waals surface area contributed by atoms with Gasteiger partial charge in [-0.1, -0.05) is 38.0 Å². The van der Waals surface area contributed by atoms with Crippen molar-refractivity contribution < 1.29 is 12.4 Å².